The predicted octanol–water partition coefficient (Wildman–Crippen LogP) is 5.13. The van der Waals surface area contributed by atoms with E-state index in [2.05, 4.69) is 16.7 Å². The molecule has 2 fully saturated rings. The third kappa shape index (κ3) is 6.25. The number of hydrogen-bond donors (Lipinski definition) is 4. The van der Waals surface area contributed by atoms with Crippen molar-refractivity contribution in [2.24, 2.45) is 17.3 Å². The van der Waals surface area contributed by atoms with Crippen molar-refractivity contribution in [2.75, 3.05) is 0 Å². The fraction of sp³-hybridized carbons (Fsp3) is 0.500. The van der Waals surface area contributed by atoms with Crippen molar-refractivity contribution in [2.45, 2.75) is 89.7 Å². The van der Waals surface area contributed by atoms with Crippen LogP contribution in [0.1, 0.15) is 85.7 Å². The number of benzene rings is 2. The molecule has 0 heterocycles. The lowest BCUT2D eigenvalue weighted by atomic mass is 9.71. The van der Waals surface area contributed by atoms with Gasteiger partial charge in [0.05, 0.1) is 12.0 Å². The van der Waals surface area contributed by atoms with Crippen molar-refractivity contribution in [3.63, 3.8) is 0 Å². The molecule has 0 saturated heterocycles. The number of carbonyl (C=O) groups is 3. The highest BCUT2D eigenvalue weighted by atomic mass is 16.3. The number of rotatable bonds is 9. The van der Waals surface area contributed by atoms with Gasteiger partial charge in [0, 0.05) is 22.7 Å². The van der Waals surface area contributed by atoms with Crippen LogP contribution < -0.4 is 10.6 Å². The first-order valence-corrected chi connectivity index (χ1v) is 15.1. The number of carbonyl (C=O) groups excluding carboxylic acids is 3. The molecule has 4 atom stereocenters. The smallest absolute Gasteiger partial charge is 0.252 e. The highest BCUT2D eigenvalue weighted by Crippen LogP contribution is 2.57. The van der Waals surface area contributed by atoms with Crippen molar-refractivity contribution >= 4 is 17.6 Å². The molecule has 1 spiro atoms. The zero-order valence-electron chi connectivity index (χ0n) is 23.9. The van der Waals surface area contributed by atoms with Crippen LogP contribution in [0.3, 0.4) is 0 Å². The van der Waals surface area contributed by atoms with Crippen molar-refractivity contribution in [1.82, 2.24) is 10.6 Å². The normalized spacial score (nSPS) is 23.0. The topological polar surface area (TPSA) is 116 Å². The molecular formula is C34H42N2O5. The molecular weight excluding hydrogens is 516 g/mol. The summed E-state index contributed by atoms with van der Waals surface area (Å²) in [5.41, 5.74) is 2.32. The SMILES string of the molecule is Cc1c(O)cccc1C(=O)NC(Cc1ccccc1)[C@H](O)C(=O)C1CCC2(CCCC2)[C@@H]1C(=O)NC1=CCCCC1. The first-order valence-electron chi connectivity index (χ1n) is 15.1. The van der Waals surface area contributed by atoms with Gasteiger partial charge in [-0.1, -0.05) is 55.3 Å². The molecule has 0 radical (unpaired) electrons. The predicted molar refractivity (Wildman–Crippen MR) is 157 cm³/mol. The number of Topliss-reactive ketones (excluding diaryl/α,β-unsaturated/α-hetero) is 1. The Labute approximate surface area is 242 Å². The number of hydrogen-bond acceptors (Lipinski definition) is 5. The highest BCUT2D eigenvalue weighted by Gasteiger charge is 2.56. The number of phenolic OH excluding ortho intramolecular Hbond substituents is 1. The van der Waals surface area contributed by atoms with E-state index in [4.69, 9.17) is 0 Å². The molecule has 41 heavy (non-hydrogen) atoms. The van der Waals surface area contributed by atoms with Crippen LogP contribution in [0.2, 0.25) is 0 Å². The summed E-state index contributed by atoms with van der Waals surface area (Å²) in [4.78, 5) is 41.3. The largest absolute Gasteiger partial charge is 0.508 e. The molecule has 3 aliphatic rings. The lowest BCUT2D eigenvalue weighted by molar-refractivity contribution is -0.140. The molecule has 218 valence electrons. The van der Waals surface area contributed by atoms with Gasteiger partial charge in [-0.25, -0.2) is 0 Å². The van der Waals surface area contributed by atoms with Gasteiger partial charge < -0.3 is 20.8 Å². The number of nitrogens with one attached hydrogen (secondary N) is 2. The average Bonchev–Trinajstić information content (AvgIpc) is 3.61. The summed E-state index contributed by atoms with van der Waals surface area (Å²) in [6, 6.07) is 13.3. The van der Waals surface area contributed by atoms with E-state index >= 15 is 0 Å². The van der Waals surface area contributed by atoms with E-state index in [1.807, 2.05) is 30.3 Å². The van der Waals surface area contributed by atoms with Crippen LogP contribution >= 0.6 is 0 Å². The van der Waals surface area contributed by atoms with Crippen LogP contribution in [-0.4, -0.2) is 40.0 Å². The number of aliphatic hydroxyl groups is 1. The monoisotopic (exact) mass is 558 g/mol. The van der Waals surface area contributed by atoms with Crippen LogP contribution in [0.25, 0.3) is 0 Å². The lowest BCUT2D eigenvalue weighted by Gasteiger charge is -2.34. The van der Waals surface area contributed by atoms with E-state index < -0.39 is 29.9 Å². The van der Waals surface area contributed by atoms with Crippen molar-refractivity contribution in [3.8, 4) is 5.75 Å². The van der Waals surface area contributed by atoms with E-state index in [1.54, 1.807) is 19.1 Å². The molecule has 0 bridgehead atoms. The van der Waals surface area contributed by atoms with Crippen molar-refractivity contribution in [1.29, 1.82) is 0 Å². The fourth-order valence-corrected chi connectivity index (χ4v) is 7.43. The Balaban J connectivity index is 1.40. The third-order valence-corrected chi connectivity index (χ3v) is 9.67. The number of amides is 2. The summed E-state index contributed by atoms with van der Waals surface area (Å²) >= 11 is 0. The summed E-state index contributed by atoms with van der Waals surface area (Å²) in [6.07, 6.45) is 10.1. The lowest BCUT2D eigenvalue weighted by Crippen LogP contribution is -2.52. The number of aliphatic hydroxyl groups excluding tert-OH is 1. The number of phenols is 1. The van der Waals surface area contributed by atoms with Gasteiger partial charge in [0.1, 0.15) is 11.9 Å². The minimum Gasteiger partial charge on any atom is -0.508 e. The van der Waals surface area contributed by atoms with Crippen LogP contribution in [-0.2, 0) is 16.0 Å². The van der Waals surface area contributed by atoms with E-state index in [9.17, 15) is 24.6 Å². The maximum atomic E-state index is 14.1. The summed E-state index contributed by atoms with van der Waals surface area (Å²) in [5, 5.41) is 27.8. The van der Waals surface area contributed by atoms with Gasteiger partial charge in [0.15, 0.2) is 5.78 Å². The fourth-order valence-electron chi connectivity index (χ4n) is 7.43. The van der Waals surface area contributed by atoms with Crippen LogP contribution in [0.4, 0.5) is 0 Å². The van der Waals surface area contributed by atoms with Crippen LogP contribution in [0, 0.1) is 24.2 Å². The van der Waals surface area contributed by atoms with Gasteiger partial charge in [-0.15, -0.1) is 0 Å². The first kappa shape index (κ1) is 29.1. The Bertz CT molecular complexity index is 1300. The molecule has 2 amide bonds. The standard InChI is InChI=1S/C34H42N2O5/c1-22-25(15-10-16-28(22)37)32(40)36-27(21-23-11-4-2-5-12-23)31(39)30(38)26-17-20-34(18-8-9-19-34)29(26)33(41)35-24-13-6-3-7-14-24/h2,4-5,10-13,15-16,26-27,29,31,37,39H,3,6-9,14,17-21H2,1H3,(H,35,41)(H,36,40)/t26?,27?,29-,31-/m0/s1. The summed E-state index contributed by atoms with van der Waals surface area (Å²) < 4.78 is 0. The zero-order valence-corrected chi connectivity index (χ0v) is 23.9. The third-order valence-electron chi connectivity index (χ3n) is 9.67. The number of ketones is 1. The van der Waals surface area contributed by atoms with E-state index in [0.29, 0.717) is 12.0 Å². The van der Waals surface area contributed by atoms with Gasteiger partial charge in [0.2, 0.25) is 5.91 Å². The van der Waals surface area contributed by atoms with E-state index in [0.717, 1.165) is 69.0 Å². The quantitative estimate of drug-likeness (QED) is 0.341. The molecule has 2 saturated carbocycles. The van der Waals surface area contributed by atoms with Crippen molar-refractivity contribution in [3.05, 3.63) is 77.0 Å². The summed E-state index contributed by atoms with van der Waals surface area (Å²) in [7, 11) is 0. The Morgan fingerprint density at radius 1 is 0.976 bits per heavy atom. The molecule has 2 aromatic rings. The number of allylic oxidation sites excluding steroid dienone is 2. The highest BCUT2D eigenvalue weighted by molar-refractivity contribution is 5.98. The molecule has 7 nitrogen and oxygen atoms in total. The zero-order chi connectivity index (χ0) is 29.0. The Morgan fingerprint density at radius 3 is 2.44 bits per heavy atom. The van der Waals surface area contributed by atoms with Gasteiger partial charge in [-0.05, 0) is 87.8 Å². The molecule has 5 rings (SSSR count). The molecule has 0 aromatic heterocycles. The maximum Gasteiger partial charge on any atom is 0.252 e. The van der Waals surface area contributed by atoms with Crippen molar-refractivity contribution < 1.29 is 24.6 Å². The minimum absolute atomic E-state index is 0.00337. The van der Waals surface area contributed by atoms with E-state index in [1.165, 1.54) is 6.07 Å². The molecule has 3 aliphatic carbocycles. The average molecular weight is 559 g/mol. The Kier molecular flexibility index (Phi) is 8.93. The summed E-state index contributed by atoms with van der Waals surface area (Å²) in [5.74, 6) is -2.03. The van der Waals surface area contributed by atoms with Crippen LogP contribution in [0.15, 0.2) is 60.3 Å². The van der Waals surface area contributed by atoms with Gasteiger partial charge in [0.25, 0.3) is 5.91 Å². The molecule has 4 N–H and O–H groups in total. The molecule has 7 heteroatoms. The Hall–Kier alpha value is -3.45. The molecule has 0 aliphatic heterocycles. The second-order valence-electron chi connectivity index (χ2n) is 12.2. The van der Waals surface area contributed by atoms with Crippen LogP contribution in [0.5, 0.6) is 5.75 Å². The second-order valence-corrected chi connectivity index (χ2v) is 12.2. The van der Waals surface area contributed by atoms with Gasteiger partial charge >= 0.3 is 0 Å². The van der Waals surface area contributed by atoms with E-state index in [-0.39, 0.29) is 34.8 Å². The Morgan fingerprint density at radius 2 is 1.73 bits per heavy atom. The molecule has 2 unspecified atom stereocenters. The van der Waals surface area contributed by atoms with Gasteiger partial charge in [-0.3, -0.25) is 14.4 Å². The second kappa shape index (κ2) is 12.6. The van der Waals surface area contributed by atoms with Gasteiger partial charge in [-0.2, -0.15) is 0 Å². The summed E-state index contributed by atoms with van der Waals surface area (Å²) in [6.45, 7) is 1.66. The first-order chi connectivity index (χ1) is 19.8. The molecule has 2 aromatic carbocycles. The minimum atomic E-state index is -1.48. The maximum absolute atomic E-state index is 14.1. The number of aromatic hydroxyl groups is 1.